The SMILES string of the molecule is COc1ccccc1C1CC(=O)C2=C(C1)Nc1ccccc1NC2c1ccc(SC)cc1. The summed E-state index contributed by atoms with van der Waals surface area (Å²) < 4.78 is 5.60. The van der Waals surface area contributed by atoms with Crippen LogP contribution in [0.4, 0.5) is 11.4 Å². The van der Waals surface area contributed by atoms with Gasteiger partial charge in [-0.3, -0.25) is 4.79 Å². The van der Waals surface area contributed by atoms with Gasteiger partial charge < -0.3 is 15.4 Å². The van der Waals surface area contributed by atoms with Gasteiger partial charge in [-0.2, -0.15) is 0 Å². The largest absolute Gasteiger partial charge is 0.496 e. The van der Waals surface area contributed by atoms with Gasteiger partial charge in [-0.1, -0.05) is 42.5 Å². The number of para-hydroxylation sites is 3. The predicted molar refractivity (Wildman–Crippen MR) is 132 cm³/mol. The Morgan fingerprint density at radius 2 is 1.62 bits per heavy atom. The van der Waals surface area contributed by atoms with Crippen molar-refractivity contribution in [1.29, 1.82) is 0 Å². The fourth-order valence-corrected chi connectivity index (χ4v) is 5.17. The van der Waals surface area contributed by atoms with Crippen molar-refractivity contribution in [2.75, 3.05) is 24.0 Å². The summed E-state index contributed by atoms with van der Waals surface area (Å²) >= 11 is 1.72. The van der Waals surface area contributed by atoms with E-state index >= 15 is 0 Å². The van der Waals surface area contributed by atoms with E-state index in [0.717, 1.165) is 45.9 Å². The number of fused-ring (bicyclic) bond motifs is 1. The van der Waals surface area contributed by atoms with Crippen LogP contribution < -0.4 is 15.4 Å². The van der Waals surface area contributed by atoms with Crippen molar-refractivity contribution in [2.45, 2.75) is 29.7 Å². The van der Waals surface area contributed by atoms with E-state index in [1.54, 1.807) is 18.9 Å². The van der Waals surface area contributed by atoms with Crippen LogP contribution in [-0.4, -0.2) is 19.1 Å². The molecule has 2 unspecified atom stereocenters. The summed E-state index contributed by atoms with van der Waals surface area (Å²) in [7, 11) is 1.69. The van der Waals surface area contributed by atoms with Crippen molar-refractivity contribution < 1.29 is 9.53 Å². The molecule has 1 aliphatic carbocycles. The number of ether oxygens (including phenoxy) is 1. The molecule has 2 N–H and O–H groups in total. The first-order valence-corrected chi connectivity index (χ1v) is 12.1. The van der Waals surface area contributed by atoms with Gasteiger partial charge >= 0.3 is 0 Å². The van der Waals surface area contributed by atoms with Crippen molar-refractivity contribution in [2.24, 2.45) is 0 Å². The zero-order valence-electron chi connectivity index (χ0n) is 18.2. The van der Waals surface area contributed by atoms with E-state index in [2.05, 4.69) is 59.4 Å². The zero-order chi connectivity index (χ0) is 22.1. The number of rotatable bonds is 4. The highest BCUT2D eigenvalue weighted by molar-refractivity contribution is 7.98. The Labute approximate surface area is 193 Å². The molecule has 0 radical (unpaired) electrons. The summed E-state index contributed by atoms with van der Waals surface area (Å²) in [5, 5.41) is 7.25. The molecule has 5 heteroatoms. The number of carbonyl (C=O) groups is 1. The van der Waals surface area contributed by atoms with Crippen LogP contribution in [0.3, 0.4) is 0 Å². The lowest BCUT2D eigenvalue weighted by Gasteiger charge is -2.30. The molecule has 3 aromatic rings. The highest BCUT2D eigenvalue weighted by Gasteiger charge is 2.36. The minimum atomic E-state index is -0.192. The van der Waals surface area contributed by atoms with Crippen molar-refractivity contribution in [3.05, 3.63) is 95.2 Å². The molecular weight excluding hydrogens is 416 g/mol. The number of Topliss-reactive ketones (excluding diaryl/α,β-unsaturated/α-hetero) is 1. The molecule has 1 heterocycles. The molecular formula is C27H26N2O2S. The van der Waals surface area contributed by atoms with Gasteiger partial charge in [0.25, 0.3) is 0 Å². The fraction of sp³-hybridized carbons (Fsp3) is 0.222. The second-order valence-corrected chi connectivity index (χ2v) is 9.06. The number of anilines is 2. The zero-order valence-corrected chi connectivity index (χ0v) is 19.0. The third kappa shape index (κ3) is 3.78. The molecule has 0 saturated heterocycles. The monoisotopic (exact) mass is 442 g/mol. The third-order valence-electron chi connectivity index (χ3n) is 6.34. The summed E-state index contributed by atoms with van der Waals surface area (Å²) in [4.78, 5) is 14.8. The molecule has 32 heavy (non-hydrogen) atoms. The first-order valence-electron chi connectivity index (χ1n) is 10.8. The third-order valence-corrected chi connectivity index (χ3v) is 7.08. The van der Waals surface area contributed by atoms with E-state index in [9.17, 15) is 4.79 Å². The lowest BCUT2D eigenvalue weighted by atomic mass is 9.78. The molecule has 0 fully saturated rings. The number of nitrogens with one attached hydrogen (secondary N) is 2. The number of allylic oxidation sites excluding steroid dienone is 1. The van der Waals surface area contributed by atoms with Crippen LogP contribution in [0, 0.1) is 0 Å². The minimum Gasteiger partial charge on any atom is -0.496 e. The van der Waals surface area contributed by atoms with Crippen molar-refractivity contribution in [3.63, 3.8) is 0 Å². The number of hydrogen-bond acceptors (Lipinski definition) is 5. The Morgan fingerprint density at radius 1 is 0.906 bits per heavy atom. The van der Waals surface area contributed by atoms with Gasteiger partial charge in [-0.25, -0.2) is 0 Å². The van der Waals surface area contributed by atoms with E-state index in [1.165, 1.54) is 4.90 Å². The summed E-state index contributed by atoms with van der Waals surface area (Å²) in [6.45, 7) is 0. The van der Waals surface area contributed by atoms with Crippen LogP contribution in [-0.2, 0) is 4.79 Å². The van der Waals surface area contributed by atoms with Gasteiger partial charge in [0, 0.05) is 28.5 Å². The number of benzene rings is 3. The van der Waals surface area contributed by atoms with Crippen LogP contribution in [0.1, 0.15) is 35.9 Å². The molecule has 2 aliphatic rings. The molecule has 3 aromatic carbocycles. The van der Waals surface area contributed by atoms with Gasteiger partial charge in [0.1, 0.15) is 5.75 Å². The summed E-state index contributed by atoms with van der Waals surface area (Å²) in [5.41, 5.74) is 6.01. The van der Waals surface area contributed by atoms with E-state index in [-0.39, 0.29) is 17.7 Å². The molecule has 1 aliphatic heterocycles. The number of thioether (sulfide) groups is 1. The smallest absolute Gasteiger partial charge is 0.163 e. The second kappa shape index (κ2) is 8.75. The Morgan fingerprint density at radius 3 is 2.38 bits per heavy atom. The predicted octanol–water partition coefficient (Wildman–Crippen LogP) is 6.40. The topological polar surface area (TPSA) is 50.4 Å². The van der Waals surface area contributed by atoms with Crippen molar-refractivity contribution >= 4 is 28.9 Å². The van der Waals surface area contributed by atoms with Crippen LogP contribution >= 0.6 is 11.8 Å². The quantitative estimate of drug-likeness (QED) is 0.458. The summed E-state index contributed by atoms with van der Waals surface area (Å²) in [6, 6.07) is 24.5. The van der Waals surface area contributed by atoms with E-state index in [1.807, 2.05) is 30.3 Å². The maximum Gasteiger partial charge on any atom is 0.163 e. The highest BCUT2D eigenvalue weighted by atomic mass is 32.2. The van der Waals surface area contributed by atoms with Crippen LogP contribution in [0.2, 0.25) is 0 Å². The lowest BCUT2D eigenvalue weighted by molar-refractivity contribution is -0.116. The van der Waals surface area contributed by atoms with Gasteiger partial charge in [0.15, 0.2) is 5.78 Å². The molecule has 0 amide bonds. The molecule has 162 valence electrons. The van der Waals surface area contributed by atoms with Gasteiger partial charge in [0.2, 0.25) is 0 Å². The van der Waals surface area contributed by atoms with Gasteiger partial charge in [0.05, 0.1) is 24.5 Å². The van der Waals surface area contributed by atoms with E-state index in [4.69, 9.17) is 4.74 Å². The number of carbonyl (C=O) groups excluding carboxylic acids is 1. The lowest BCUT2D eigenvalue weighted by Crippen LogP contribution is -2.27. The minimum absolute atomic E-state index is 0.0784. The highest BCUT2D eigenvalue weighted by Crippen LogP contribution is 2.45. The average molecular weight is 443 g/mol. The van der Waals surface area contributed by atoms with Crippen molar-refractivity contribution in [1.82, 2.24) is 0 Å². The maximum atomic E-state index is 13.6. The average Bonchev–Trinajstić information content (AvgIpc) is 3.01. The standard InChI is InChI=1S/C27H26N2O2S/c1-31-25-10-6-3-7-20(25)18-15-23-26(24(30)16-18)27(17-11-13-19(32-2)14-12-17)29-22-9-5-4-8-21(22)28-23/h3-14,18,27-29H,15-16H2,1-2H3. The molecule has 4 nitrogen and oxygen atoms in total. The summed E-state index contributed by atoms with van der Waals surface area (Å²) in [5.74, 6) is 1.09. The van der Waals surface area contributed by atoms with Crippen LogP contribution in [0.25, 0.3) is 0 Å². The first-order chi connectivity index (χ1) is 15.7. The normalized spacial score (nSPS) is 19.9. The molecule has 2 atom stereocenters. The van der Waals surface area contributed by atoms with Crippen LogP contribution in [0.5, 0.6) is 5.75 Å². The molecule has 0 spiro atoms. The van der Waals surface area contributed by atoms with Crippen molar-refractivity contribution in [3.8, 4) is 5.75 Å². The van der Waals surface area contributed by atoms with E-state index < -0.39 is 0 Å². The molecule has 0 bridgehead atoms. The Kier molecular flexibility index (Phi) is 5.66. The Bertz CT molecular complexity index is 1190. The Hall–Kier alpha value is -3.18. The van der Waals surface area contributed by atoms with Gasteiger partial charge in [-0.15, -0.1) is 11.8 Å². The number of hydrogen-bond donors (Lipinski definition) is 2. The van der Waals surface area contributed by atoms with Crippen LogP contribution in [0.15, 0.2) is 89.0 Å². The summed E-state index contributed by atoms with van der Waals surface area (Å²) in [6.07, 6.45) is 3.30. The molecule has 0 saturated carbocycles. The maximum absolute atomic E-state index is 13.6. The Balaban J connectivity index is 1.60. The van der Waals surface area contributed by atoms with E-state index in [0.29, 0.717) is 6.42 Å². The molecule has 5 rings (SSSR count). The molecule has 0 aromatic heterocycles. The number of ketones is 1. The van der Waals surface area contributed by atoms with Gasteiger partial charge in [-0.05, 0) is 54.1 Å². The first kappa shape index (κ1) is 20.7. The number of methoxy groups -OCH3 is 1. The second-order valence-electron chi connectivity index (χ2n) is 8.18. The fourth-order valence-electron chi connectivity index (χ4n) is 4.76.